The number of hydrogen-bond acceptors (Lipinski definition) is 3. The van der Waals surface area contributed by atoms with Crippen LogP contribution in [0.5, 0.6) is 0 Å². The normalized spacial score (nSPS) is 15.3. The Hall–Kier alpha value is -2.95. The maximum absolute atomic E-state index is 12.3. The number of rotatable bonds is 4. The topological polar surface area (TPSA) is 62.3 Å². The lowest BCUT2D eigenvalue weighted by Gasteiger charge is -2.30. The standard InChI is InChI=1S/C20H21N3O2/c24-19(10-9-16-6-2-1-3-7-16)23-14-11-17(12-15-23)20(25)22-18-8-4-5-13-21-18/h1-10,13,17H,11-12,14-15H2,(H,21,22,25)/b10-9+. The smallest absolute Gasteiger partial charge is 0.246 e. The third-order valence-corrected chi connectivity index (χ3v) is 4.31. The molecule has 0 saturated carbocycles. The fraction of sp³-hybridized carbons (Fsp3) is 0.250. The van der Waals surface area contributed by atoms with Gasteiger partial charge in [0.2, 0.25) is 11.8 Å². The molecule has 3 rings (SSSR count). The molecule has 5 nitrogen and oxygen atoms in total. The van der Waals surface area contributed by atoms with Gasteiger partial charge in [-0.3, -0.25) is 9.59 Å². The zero-order valence-corrected chi connectivity index (χ0v) is 14.0. The summed E-state index contributed by atoms with van der Waals surface area (Å²) in [5.74, 6) is 0.457. The van der Waals surface area contributed by atoms with E-state index in [4.69, 9.17) is 0 Å². The Morgan fingerprint density at radius 1 is 1.04 bits per heavy atom. The Morgan fingerprint density at radius 2 is 1.76 bits per heavy atom. The summed E-state index contributed by atoms with van der Waals surface area (Å²) in [6.07, 6.45) is 6.41. The van der Waals surface area contributed by atoms with Gasteiger partial charge in [-0.2, -0.15) is 0 Å². The molecular weight excluding hydrogens is 314 g/mol. The molecule has 0 spiro atoms. The van der Waals surface area contributed by atoms with E-state index in [0.717, 1.165) is 5.56 Å². The first-order valence-corrected chi connectivity index (χ1v) is 8.46. The lowest BCUT2D eigenvalue weighted by molar-refractivity contribution is -0.130. The van der Waals surface area contributed by atoms with Crippen molar-refractivity contribution in [1.82, 2.24) is 9.88 Å². The van der Waals surface area contributed by atoms with Crippen LogP contribution in [0.3, 0.4) is 0 Å². The summed E-state index contributed by atoms with van der Waals surface area (Å²) in [6.45, 7) is 1.19. The molecule has 1 saturated heterocycles. The molecule has 1 aromatic carbocycles. The van der Waals surface area contributed by atoms with E-state index in [1.54, 1.807) is 23.2 Å². The molecule has 0 radical (unpaired) electrons. The number of carbonyl (C=O) groups excluding carboxylic acids is 2. The van der Waals surface area contributed by atoms with Gasteiger partial charge in [0.1, 0.15) is 5.82 Å². The van der Waals surface area contributed by atoms with Gasteiger partial charge in [0.15, 0.2) is 0 Å². The maximum atomic E-state index is 12.3. The van der Waals surface area contributed by atoms with Gasteiger partial charge in [-0.15, -0.1) is 0 Å². The highest BCUT2D eigenvalue weighted by Crippen LogP contribution is 2.19. The fourth-order valence-corrected chi connectivity index (χ4v) is 2.86. The van der Waals surface area contributed by atoms with Crippen LogP contribution >= 0.6 is 0 Å². The molecule has 2 heterocycles. The Kier molecular flexibility index (Phi) is 5.57. The second-order valence-electron chi connectivity index (χ2n) is 6.05. The molecule has 1 aromatic heterocycles. The van der Waals surface area contributed by atoms with Gasteiger partial charge in [-0.05, 0) is 36.6 Å². The van der Waals surface area contributed by atoms with Crippen molar-refractivity contribution in [3.05, 3.63) is 66.4 Å². The number of anilines is 1. The SMILES string of the molecule is O=C(Nc1ccccn1)C1CCN(C(=O)/C=C/c2ccccc2)CC1. The lowest BCUT2D eigenvalue weighted by atomic mass is 9.96. The molecule has 2 amide bonds. The quantitative estimate of drug-likeness (QED) is 0.874. The number of pyridine rings is 1. The Balaban J connectivity index is 1.49. The third kappa shape index (κ3) is 4.76. The van der Waals surface area contributed by atoms with Crippen LogP contribution in [0.4, 0.5) is 5.82 Å². The van der Waals surface area contributed by atoms with E-state index in [9.17, 15) is 9.59 Å². The van der Waals surface area contributed by atoms with E-state index < -0.39 is 0 Å². The first kappa shape index (κ1) is 16.9. The van der Waals surface area contributed by atoms with E-state index >= 15 is 0 Å². The third-order valence-electron chi connectivity index (χ3n) is 4.31. The van der Waals surface area contributed by atoms with Gasteiger partial charge in [0.25, 0.3) is 0 Å². The van der Waals surface area contributed by atoms with Crippen molar-refractivity contribution in [3.63, 3.8) is 0 Å². The molecule has 5 heteroatoms. The van der Waals surface area contributed by atoms with Gasteiger partial charge in [-0.1, -0.05) is 36.4 Å². The van der Waals surface area contributed by atoms with E-state index in [-0.39, 0.29) is 17.7 Å². The highest BCUT2D eigenvalue weighted by Gasteiger charge is 2.26. The first-order chi connectivity index (χ1) is 12.2. The van der Waals surface area contributed by atoms with Crippen LogP contribution in [-0.4, -0.2) is 34.8 Å². The van der Waals surface area contributed by atoms with Crippen LogP contribution in [0, 0.1) is 5.92 Å². The zero-order chi connectivity index (χ0) is 17.5. The van der Waals surface area contributed by atoms with Crippen LogP contribution in [0.15, 0.2) is 60.8 Å². The van der Waals surface area contributed by atoms with E-state index in [1.807, 2.05) is 48.5 Å². The minimum Gasteiger partial charge on any atom is -0.339 e. The molecule has 1 fully saturated rings. The molecule has 25 heavy (non-hydrogen) atoms. The van der Waals surface area contributed by atoms with Crippen molar-refractivity contribution in [2.24, 2.45) is 5.92 Å². The fourth-order valence-electron chi connectivity index (χ4n) is 2.86. The maximum Gasteiger partial charge on any atom is 0.246 e. The molecule has 1 N–H and O–H groups in total. The monoisotopic (exact) mass is 335 g/mol. The molecule has 2 aromatic rings. The highest BCUT2D eigenvalue weighted by atomic mass is 16.2. The van der Waals surface area contributed by atoms with E-state index in [0.29, 0.717) is 31.7 Å². The molecule has 1 aliphatic heterocycles. The largest absolute Gasteiger partial charge is 0.339 e. The van der Waals surface area contributed by atoms with Gasteiger partial charge < -0.3 is 10.2 Å². The minimum absolute atomic E-state index is 0.00700. The number of nitrogens with zero attached hydrogens (tertiary/aromatic N) is 2. The molecule has 1 aliphatic rings. The summed E-state index contributed by atoms with van der Waals surface area (Å²) in [7, 11) is 0. The number of amides is 2. The number of hydrogen-bond donors (Lipinski definition) is 1. The number of benzene rings is 1. The second kappa shape index (κ2) is 8.24. The van der Waals surface area contributed by atoms with Crippen molar-refractivity contribution in [3.8, 4) is 0 Å². The predicted octanol–water partition coefficient (Wildman–Crippen LogP) is 2.97. The van der Waals surface area contributed by atoms with Crippen molar-refractivity contribution >= 4 is 23.7 Å². The summed E-state index contributed by atoms with van der Waals surface area (Å²) in [4.78, 5) is 30.5. The first-order valence-electron chi connectivity index (χ1n) is 8.46. The van der Waals surface area contributed by atoms with Crippen molar-refractivity contribution in [2.75, 3.05) is 18.4 Å². The number of aromatic nitrogens is 1. The van der Waals surface area contributed by atoms with Gasteiger partial charge in [0, 0.05) is 31.3 Å². The molecule has 0 aliphatic carbocycles. The summed E-state index contributed by atoms with van der Waals surface area (Å²) in [5.41, 5.74) is 1.00. The lowest BCUT2D eigenvalue weighted by Crippen LogP contribution is -2.40. The number of piperidine rings is 1. The van der Waals surface area contributed by atoms with Gasteiger partial charge in [-0.25, -0.2) is 4.98 Å². The Bertz CT molecular complexity index is 736. The summed E-state index contributed by atoms with van der Waals surface area (Å²) >= 11 is 0. The van der Waals surface area contributed by atoms with Crippen molar-refractivity contribution in [1.29, 1.82) is 0 Å². The van der Waals surface area contributed by atoms with Crippen LogP contribution in [0.25, 0.3) is 6.08 Å². The predicted molar refractivity (Wildman–Crippen MR) is 97.6 cm³/mol. The summed E-state index contributed by atoms with van der Waals surface area (Å²) < 4.78 is 0. The average Bonchev–Trinajstić information content (AvgIpc) is 2.68. The Morgan fingerprint density at radius 3 is 2.44 bits per heavy atom. The molecular formula is C20H21N3O2. The van der Waals surface area contributed by atoms with Crippen molar-refractivity contribution in [2.45, 2.75) is 12.8 Å². The summed E-state index contributed by atoms with van der Waals surface area (Å²) in [6, 6.07) is 15.2. The van der Waals surface area contributed by atoms with Crippen LogP contribution in [0.2, 0.25) is 0 Å². The molecule has 128 valence electrons. The highest BCUT2D eigenvalue weighted by molar-refractivity contribution is 5.93. The molecule has 0 atom stereocenters. The zero-order valence-electron chi connectivity index (χ0n) is 14.0. The Labute approximate surface area is 147 Å². The average molecular weight is 335 g/mol. The van der Waals surface area contributed by atoms with Crippen LogP contribution in [-0.2, 0) is 9.59 Å². The molecule has 0 unspecified atom stereocenters. The second-order valence-corrected chi connectivity index (χ2v) is 6.05. The number of nitrogens with one attached hydrogen (secondary N) is 1. The van der Waals surface area contributed by atoms with Gasteiger partial charge in [0.05, 0.1) is 0 Å². The van der Waals surface area contributed by atoms with E-state index in [1.165, 1.54) is 0 Å². The van der Waals surface area contributed by atoms with Crippen LogP contribution in [0.1, 0.15) is 18.4 Å². The van der Waals surface area contributed by atoms with E-state index in [2.05, 4.69) is 10.3 Å². The number of likely N-dealkylation sites (tertiary alicyclic amines) is 1. The summed E-state index contributed by atoms with van der Waals surface area (Å²) in [5, 5.41) is 2.83. The molecule has 0 bridgehead atoms. The number of carbonyl (C=O) groups is 2. The van der Waals surface area contributed by atoms with Crippen molar-refractivity contribution < 1.29 is 9.59 Å². The van der Waals surface area contributed by atoms with Crippen LogP contribution < -0.4 is 5.32 Å². The van der Waals surface area contributed by atoms with Gasteiger partial charge >= 0.3 is 0 Å². The minimum atomic E-state index is -0.0795.